The van der Waals surface area contributed by atoms with Gasteiger partial charge in [0.25, 0.3) is 0 Å². The van der Waals surface area contributed by atoms with E-state index in [-0.39, 0.29) is 11.2 Å². The van der Waals surface area contributed by atoms with Crippen LogP contribution in [0.25, 0.3) is 0 Å². The first-order valence-electron chi connectivity index (χ1n) is 8.53. The number of hydrogen-bond donors (Lipinski definition) is 0. The van der Waals surface area contributed by atoms with Crippen LogP contribution in [0.3, 0.4) is 0 Å². The molecule has 0 spiro atoms. The van der Waals surface area contributed by atoms with Crippen molar-refractivity contribution in [3.63, 3.8) is 0 Å². The number of hydrogen-bond acceptors (Lipinski definition) is 2. The van der Waals surface area contributed by atoms with Crippen LogP contribution in [-0.4, -0.2) is 13.7 Å². The molecule has 4 rings (SSSR count). The molecular formula is C19H24O2S. The standard InChI is InChI=1S/C19H24O2S/c1-12-10-17(22(20,21)16-6-4-3-5-7-16)13(2)19-15-9-8-14(11-15)18(12)19/h3-7,12-15,17H,8-11H2,1-2H3. The monoisotopic (exact) mass is 316 g/mol. The number of rotatable bonds is 2. The molecule has 118 valence electrons. The van der Waals surface area contributed by atoms with Gasteiger partial charge in [0.1, 0.15) is 0 Å². The van der Waals surface area contributed by atoms with E-state index in [2.05, 4.69) is 13.8 Å². The van der Waals surface area contributed by atoms with Crippen LogP contribution in [0.4, 0.5) is 0 Å². The molecule has 0 amide bonds. The number of allylic oxidation sites excluding steroid dienone is 2. The summed E-state index contributed by atoms with van der Waals surface area (Å²) in [6, 6.07) is 9.02. The van der Waals surface area contributed by atoms with Crippen molar-refractivity contribution in [2.75, 3.05) is 0 Å². The predicted octanol–water partition coefficient (Wildman–Crippen LogP) is 4.23. The highest BCUT2D eigenvalue weighted by Crippen LogP contribution is 2.57. The molecule has 0 aliphatic heterocycles. The fraction of sp³-hybridized carbons (Fsp3) is 0.579. The Morgan fingerprint density at radius 3 is 2.23 bits per heavy atom. The third-order valence-corrected chi connectivity index (χ3v) is 8.61. The summed E-state index contributed by atoms with van der Waals surface area (Å²) in [5, 5.41) is -0.247. The highest BCUT2D eigenvalue weighted by Gasteiger charge is 2.49. The molecule has 0 heterocycles. The number of benzene rings is 1. The van der Waals surface area contributed by atoms with Gasteiger partial charge in [0.15, 0.2) is 9.84 Å². The van der Waals surface area contributed by atoms with E-state index in [1.807, 2.05) is 18.2 Å². The molecule has 1 aromatic carbocycles. The number of sulfone groups is 1. The molecule has 2 bridgehead atoms. The van der Waals surface area contributed by atoms with Crippen LogP contribution in [0.1, 0.15) is 39.5 Å². The minimum atomic E-state index is -3.23. The molecule has 3 aliphatic rings. The molecule has 0 saturated heterocycles. The van der Waals surface area contributed by atoms with E-state index in [4.69, 9.17) is 0 Å². The van der Waals surface area contributed by atoms with Gasteiger partial charge >= 0.3 is 0 Å². The molecule has 3 heteroatoms. The summed E-state index contributed by atoms with van der Waals surface area (Å²) in [5.41, 5.74) is 3.17. The van der Waals surface area contributed by atoms with Crippen molar-refractivity contribution in [3.8, 4) is 0 Å². The SMILES string of the molecule is CC1CC(S(=O)(=O)c2ccccc2)C(C)C2=C1C1CCC2C1. The van der Waals surface area contributed by atoms with Crippen LogP contribution in [0, 0.1) is 23.7 Å². The second kappa shape index (κ2) is 4.95. The fourth-order valence-corrected chi connectivity index (χ4v) is 7.51. The highest BCUT2D eigenvalue weighted by molar-refractivity contribution is 7.92. The summed E-state index contributed by atoms with van der Waals surface area (Å²) in [6.07, 6.45) is 4.69. The quantitative estimate of drug-likeness (QED) is 0.765. The van der Waals surface area contributed by atoms with Crippen LogP contribution in [0.5, 0.6) is 0 Å². The second-order valence-electron chi connectivity index (χ2n) is 7.44. The molecule has 1 saturated carbocycles. The van der Waals surface area contributed by atoms with Crippen LogP contribution in [-0.2, 0) is 9.84 Å². The summed E-state index contributed by atoms with van der Waals surface area (Å²) in [4.78, 5) is 0.492. The lowest BCUT2D eigenvalue weighted by molar-refractivity contribution is 0.394. The second-order valence-corrected chi connectivity index (χ2v) is 9.61. The summed E-state index contributed by atoms with van der Waals surface area (Å²) in [6.45, 7) is 4.41. The lowest BCUT2D eigenvalue weighted by Gasteiger charge is -2.39. The maximum Gasteiger partial charge on any atom is 0.181 e. The molecular weight excluding hydrogens is 292 g/mol. The average molecular weight is 316 g/mol. The van der Waals surface area contributed by atoms with Crippen LogP contribution < -0.4 is 0 Å². The molecule has 3 aliphatic carbocycles. The van der Waals surface area contributed by atoms with Crippen LogP contribution in [0.15, 0.2) is 46.4 Å². The van der Waals surface area contributed by atoms with Gasteiger partial charge in [0.2, 0.25) is 0 Å². The Morgan fingerprint density at radius 2 is 1.55 bits per heavy atom. The molecule has 5 unspecified atom stereocenters. The summed E-state index contributed by atoms with van der Waals surface area (Å²) < 4.78 is 26.2. The van der Waals surface area contributed by atoms with Crippen molar-refractivity contribution in [2.24, 2.45) is 23.7 Å². The van der Waals surface area contributed by atoms with Gasteiger partial charge in [-0.2, -0.15) is 0 Å². The summed E-state index contributed by atoms with van der Waals surface area (Å²) >= 11 is 0. The lowest BCUT2D eigenvalue weighted by Crippen LogP contribution is -2.37. The number of fused-ring (bicyclic) bond motifs is 4. The fourth-order valence-electron chi connectivity index (χ4n) is 5.40. The first kappa shape index (κ1) is 14.5. The smallest absolute Gasteiger partial charge is 0.181 e. The van der Waals surface area contributed by atoms with Gasteiger partial charge < -0.3 is 0 Å². The van der Waals surface area contributed by atoms with Gasteiger partial charge in [-0.05, 0) is 61.5 Å². The zero-order chi connectivity index (χ0) is 15.5. The van der Waals surface area contributed by atoms with E-state index in [1.54, 1.807) is 17.7 Å². The zero-order valence-corrected chi connectivity index (χ0v) is 14.1. The molecule has 1 aromatic rings. The molecule has 2 nitrogen and oxygen atoms in total. The Balaban J connectivity index is 1.75. The average Bonchev–Trinajstić information content (AvgIpc) is 3.13. The Bertz CT molecular complexity index is 717. The molecule has 0 N–H and O–H groups in total. The first-order valence-corrected chi connectivity index (χ1v) is 10.1. The van der Waals surface area contributed by atoms with Crippen molar-refractivity contribution in [3.05, 3.63) is 41.5 Å². The van der Waals surface area contributed by atoms with Crippen molar-refractivity contribution in [1.82, 2.24) is 0 Å². The Morgan fingerprint density at radius 1 is 0.909 bits per heavy atom. The summed E-state index contributed by atoms with van der Waals surface area (Å²) in [5.74, 6) is 2.06. The van der Waals surface area contributed by atoms with Gasteiger partial charge in [-0.3, -0.25) is 0 Å². The van der Waals surface area contributed by atoms with E-state index in [9.17, 15) is 8.42 Å². The lowest BCUT2D eigenvalue weighted by atomic mass is 9.72. The minimum Gasteiger partial charge on any atom is -0.223 e. The topological polar surface area (TPSA) is 34.1 Å². The first-order chi connectivity index (χ1) is 10.5. The third kappa shape index (κ3) is 1.94. The molecule has 5 atom stereocenters. The van der Waals surface area contributed by atoms with Crippen molar-refractivity contribution >= 4 is 9.84 Å². The van der Waals surface area contributed by atoms with Gasteiger partial charge in [0, 0.05) is 0 Å². The van der Waals surface area contributed by atoms with Crippen molar-refractivity contribution in [1.29, 1.82) is 0 Å². The maximum absolute atomic E-state index is 13.1. The predicted molar refractivity (Wildman–Crippen MR) is 88.2 cm³/mol. The van der Waals surface area contributed by atoms with Crippen LogP contribution >= 0.6 is 0 Å². The van der Waals surface area contributed by atoms with Crippen LogP contribution in [0.2, 0.25) is 0 Å². The van der Waals surface area contributed by atoms with E-state index in [1.165, 1.54) is 24.8 Å². The van der Waals surface area contributed by atoms with Gasteiger partial charge in [0.05, 0.1) is 10.1 Å². The molecule has 0 radical (unpaired) electrons. The van der Waals surface area contributed by atoms with E-state index < -0.39 is 9.84 Å². The Kier molecular flexibility index (Phi) is 3.26. The van der Waals surface area contributed by atoms with Gasteiger partial charge in [-0.15, -0.1) is 0 Å². The maximum atomic E-state index is 13.1. The largest absolute Gasteiger partial charge is 0.223 e. The minimum absolute atomic E-state index is 0.187. The molecule has 1 fully saturated rings. The zero-order valence-electron chi connectivity index (χ0n) is 13.3. The van der Waals surface area contributed by atoms with Gasteiger partial charge in [-0.1, -0.05) is 43.2 Å². The van der Waals surface area contributed by atoms with Crippen molar-refractivity contribution in [2.45, 2.75) is 49.7 Å². The van der Waals surface area contributed by atoms with E-state index in [0.29, 0.717) is 16.7 Å². The normalized spacial score (nSPS) is 37.5. The molecule has 0 aromatic heterocycles. The van der Waals surface area contributed by atoms with Gasteiger partial charge in [-0.25, -0.2) is 8.42 Å². The highest BCUT2D eigenvalue weighted by atomic mass is 32.2. The molecule has 22 heavy (non-hydrogen) atoms. The Hall–Kier alpha value is -1.09. The van der Waals surface area contributed by atoms with Crippen molar-refractivity contribution < 1.29 is 8.42 Å². The Labute approximate surface area is 133 Å². The van der Waals surface area contributed by atoms with E-state index >= 15 is 0 Å². The van der Waals surface area contributed by atoms with E-state index in [0.717, 1.165) is 12.3 Å². The summed E-state index contributed by atoms with van der Waals surface area (Å²) in [7, 11) is -3.23. The third-order valence-electron chi connectivity index (χ3n) is 6.28.